The molecule has 0 aliphatic carbocycles. The van der Waals surface area contributed by atoms with Crippen LogP contribution < -0.4 is 0 Å². The minimum atomic E-state index is 0.590. The summed E-state index contributed by atoms with van der Waals surface area (Å²) in [5.41, 5.74) is 2.38. The van der Waals surface area contributed by atoms with E-state index in [0.717, 1.165) is 23.7 Å². The van der Waals surface area contributed by atoms with Crippen molar-refractivity contribution in [1.29, 1.82) is 0 Å². The molecule has 2 nitrogen and oxygen atoms in total. The van der Waals surface area contributed by atoms with Gasteiger partial charge in [-0.1, -0.05) is 30.7 Å². The first-order chi connectivity index (χ1) is 8.72. The van der Waals surface area contributed by atoms with Crippen molar-refractivity contribution >= 4 is 11.6 Å². The molecule has 1 aromatic carbocycles. The van der Waals surface area contributed by atoms with Gasteiger partial charge in [-0.15, -0.1) is 0 Å². The SMILES string of the molecule is CC1CCCn2cc(Cc3cccc(Cl)c3)nc21. The molecule has 0 amide bonds. The molecule has 0 saturated heterocycles. The van der Waals surface area contributed by atoms with Gasteiger partial charge in [0.1, 0.15) is 5.82 Å². The number of rotatable bonds is 2. The van der Waals surface area contributed by atoms with Crippen LogP contribution in [0, 0.1) is 0 Å². The Balaban J connectivity index is 1.85. The zero-order valence-corrected chi connectivity index (χ0v) is 11.3. The van der Waals surface area contributed by atoms with Gasteiger partial charge in [0.05, 0.1) is 5.69 Å². The lowest BCUT2D eigenvalue weighted by molar-refractivity contribution is 0.463. The second-order valence-electron chi connectivity index (χ2n) is 5.13. The van der Waals surface area contributed by atoms with Crippen LogP contribution in [0.1, 0.15) is 42.8 Å². The highest BCUT2D eigenvalue weighted by atomic mass is 35.5. The molecule has 3 heteroatoms. The van der Waals surface area contributed by atoms with Crippen LogP contribution in [0.4, 0.5) is 0 Å². The van der Waals surface area contributed by atoms with Gasteiger partial charge in [-0.05, 0) is 30.5 Å². The maximum Gasteiger partial charge on any atom is 0.111 e. The first kappa shape index (κ1) is 11.8. The van der Waals surface area contributed by atoms with Crippen molar-refractivity contribution in [3.05, 3.63) is 52.6 Å². The van der Waals surface area contributed by atoms with Crippen molar-refractivity contribution in [2.45, 2.75) is 38.6 Å². The number of halogens is 1. The summed E-state index contributed by atoms with van der Waals surface area (Å²) in [7, 11) is 0. The Labute approximate surface area is 113 Å². The van der Waals surface area contributed by atoms with Gasteiger partial charge >= 0.3 is 0 Å². The lowest BCUT2D eigenvalue weighted by Gasteiger charge is -2.19. The lowest BCUT2D eigenvalue weighted by atomic mass is 10.0. The molecule has 0 spiro atoms. The summed E-state index contributed by atoms with van der Waals surface area (Å²) in [5, 5.41) is 0.796. The van der Waals surface area contributed by atoms with E-state index in [-0.39, 0.29) is 0 Å². The zero-order chi connectivity index (χ0) is 12.5. The third-order valence-corrected chi connectivity index (χ3v) is 3.84. The third-order valence-electron chi connectivity index (χ3n) is 3.61. The third kappa shape index (κ3) is 2.30. The first-order valence-electron chi connectivity index (χ1n) is 6.53. The van der Waals surface area contributed by atoms with Crippen molar-refractivity contribution in [1.82, 2.24) is 9.55 Å². The number of aromatic nitrogens is 2. The molecular weight excluding hydrogens is 244 g/mol. The quantitative estimate of drug-likeness (QED) is 0.797. The minimum Gasteiger partial charge on any atom is -0.334 e. The van der Waals surface area contributed by atoms with Crippen LogP contribution in [0.25, 0.3) is 0 Å². The Morgan fingerprint density at radius 1 is 1.44 bits per heavy atom. The molecule has 0 saturated carbocycles. The topological polar surface area (TPSA) is 17.8 Å². The van der Waals surface area contributed by atoms with Crippen molar-refractivity contribution in [2.75, 3.05) is 0 Å². The monoisotopic (exact) mass is 260 g/mol. The summed E-state index contributed by atoms with van der Waals surface area (Å²) < 4.78 is 2.31. The van der Waals surface area contributed by atoms with E-state index in [4.69, 9.17) is 16.6 Å². The van der Waals surface area contributed by atoms with Crippen molar-refractivity contribution in [3.63, 3.8) is 0 Å². The molecule has 2 heterocycles. The lowest BCUT2D eigenvalue weighted by Crippen LogP contribution is -2.12. The normalized spacial score (nSPS) is 18.7. The molecule has 0 bridgehead atoms. The summed E-state index contributed by atoms with van der Waals surface area (Å²) in [6.45, 7) is 3.38. The summed E-state index contributed by atoms with van der Waals surface area (Å²) in [4.78, 5) is 4.78. The van der Waals surface area contributed by atoms with Crippen molar-refractivity contribution < 1.29 is 0 Å². The van der Waals surface area contributed by atoms with E-state index in [9.17, 15) is 0 Å². The van der Waals surface area contributed by atoms with Crippen LogP contribution >= 0.6 is 11.6 Å². The van der Waals surface area contributed by atoms with Gasteiger partial charge in [0.15, 0.2) is 0 Å². The number of hydrogen-bond donors (Lipinski definition) is 0. The Kier molecular flexibility index (Phi) is 3.13. The molecule has 1 aromatic heterocycles. The van der Waals surface area contributed by atoms with E-state index in [2.05, 4.69) is 23.8 Å². The van der Waals surface area contributed by atoms with E-state index in [1.807, 2.05) is 18.2 Å². The van der Waals surface area contributed by atoms with Gasteiger partial charge in [-0.3, -0.25) is 0 Å². The van der Waals surface area contributed by atoms with Crippen LogP contribution in [0.2, 0.25) is 5.02 Å². The van der Waals surface area contributed by atoms with Crippen LogP contribution in [0.15, 0.2) is 30.5 Å². The van der Waals surface area contributed by atoms with Gasteiger partial charge in [0.2, 0.25) is 0 Å². The fraction of sp³-hybridized carbons (Fsp3) is 0.400. The number of hydrogen-bond acceptors (Lipinski definition) is 1. The average Bonchev–Trinajstić information content (AvgIpc) is 2.73. The summed E-state index contributed by atoms with van der Waals surface area (Å²) in [6, 6.07) is 8.03. The average molecular weight is 261 g/mol. The van der Waals surface area contributed by atoms with Crippen LogP contribution in [-0.4, -0.2) is 9.55 Å². The van der Waals surface area contributed by atoms with Crippen molar-refractivity contribution in [2.24, 2.45) is 0 Å². The van der Waals surface area contributed by atoms with Crippen LogP contribution in [-0.2, 0) is 13.0 Å². The van der Waals surface area contributed by atoms with E-state index < -0.39 is 0 Å². The fourth-order valence-corrected chi connectivity index (χ4v) is 2.91. The Morgan fingerprint density at radius 3 is 3.11 bits per heavy atom. The van der Waals surface area contributed by atoms with E-state index >= 15 is 0 Å². The Morgan fingerprint density at radius 2 is 2.33 bits per heavy atom. The van der Waals surface area contributed by atoms with E-state index in [1.165, 1.54) is 24.2 Å². The highest BCUT2D eigenvalue weighted by Gasteiger charge is 2.18. The predicted octanol–water partition coefficient (Wildman–Crippen LogP) is 4.02. The number of aryl methyl sites for hydroxylation is 1. The molecule has 2 aromatic rings. The second-order valence-corrected chi connectivity index (χ2v) is 5.57. The van der Waals surface area contributed by atoms with E-state index in [1.54, 1.807) is 0 Å². The fourth-order valence-electron chi connectivity index (χ4n) is 2.70. The van der Waals surface area contributed by atoms with Gasteiger partial charge in [-0.2, -0.15) is 0 Å². The van der Waals surface area contributed by atoms with Gasteiger partial charge in [0, 0.05) is 30.1 Å². The summed E-state index contributed by atoms with van der Waals surface area (Å²) >= 11 is 6.01. The molecule has 1 aliphatic heterocycles. The molecule has 1 unspecified atom stereocenters. The van der Waals surface area contributed by atoms with Gasteiger partial charge in [0.25, 0.3) is 0 Å². The van der Waals surface area contributed by atoms with Crippen LogP contribution in [0.5, 0.6) is 0 Å². The van der Waals surface area contributed by atoms with Crippen LogP contribution in [0.3, 0.4) is 0 Å². The number of benzene rings is 1. The molecular formula is C15H17ClN2. The van der Waals surface area contributed by atoms with Crippen molar-refractivity contribution in [3.8, 4) is 0 Å². The van der Waals surface area contributed by atoms with Gasteiger partial charge < -0.3 is 4.57 Å². The standard InChI is InChI=1S/C15H17ClN2/c1-11-4-3-7-18-10-14(17-15(11)18)9-12-5-2-6-13(16)8-12/h2,5-6,8,10-11H,3-4,7,9H2,1H3. The molecule has 18 heavy (non-hydrogen) atoms. The summed E-state index contributed by atoms with van der Waals surface area (Å²) in [5.74, 6) is 1.84. The van der Waals surface area contributed by atoms with Gasteiger partial charge in [-0.25, -0.2) is 4.98 Å². The van der Waals surface area contributed by atoms with E-state index in [0.29, 0.717) is 5.92 Å². The molecule has 0 N–H and O–H groups in total. The molecule has 3 rings (SSSR count). The minimum absolute atomic E-state index is 0.590. The number of fused-ring (bicyclic) bond motifs is 1. The Bertz CT molecular complexity index is 559. The second kappa shape index (κ2) is 4.77. The maximum absolute atomic E-state index is 6.01. The number of imidazole rings is 1. The predicted molar refractivity (Wildman–Crippen MR) is 74.1 cm³/mol. The highest BCUT2D eigenvalue weighted by Crippen LogP contribution is 2.26. The number of nitrogens with zero attached hydrogens (tertiary/aromatic N) is 2. The molecule has 0 radical (unpaired) electrons. The highest BCUT2D eigenvalue weighted by molar-refractivity contribution is 6.30. The Hall–Kier alpha value is -1.28. The molecule has 1 atom stereocenters. The summed E-state index contributed by atoms with van der Waals surface area (Å²) in [6.07, 6.45) is 5.59. The molecule has 1 aliphatic rings. The largest absolute Gasteiger partial charge is 0.334 e. The maximum atomic E-state index is 6.01. The molecule has 0 fully saturated rings. The molecule has 94 valence electrons. The zero-order valence-electron chi connectivity index (χ0n) is 10.6. The smallest absolute Gasteiger partial charge is 0.111 e. The first-order valence-corrected chi connectivity index (χ1v) is 6.90.